The lowest BCUT2D eigenvalue weighted by molar-refractivity contribution is -0.185. The number of carbonyl (C=O) groups is 1. The number of esters is 1. The van der Waals surface area contributed by atoms with Crippen LogP contribution in [0, 0.1) is 0 Å². The summed E-state index contributed by atoms with van der Waals surface area (Å²) in [6.45, 7) is 4.02. The zero-order chi connectivity index (χ0) is 16.2. The van der Waals surface area contributed by atoms with Gasteiger partial charge >= 0.3 is 5.97 Å². The van der Waals surface area contributed by atoms with Crippen molar-refractivity contribution in [3.8, 4) is 5.75 Å². The summed E-state index contributed by atoms with van der Waals surface area (Å²) in [4.78, 5) is 17.3. The average molecular weight is 372 g/mol. The Kier molecular flexibility index (Phi) is 5.83. The molecule has 2 N–H and O–H groups in total. The van der Waals surface area contributed by atoms with Crippen molar-refractivity contribution in [1.29, 1.82) is 0 Å². The van der Waals surface area contributed by atoms with Crippen LogP contribution in [0.2, 0.25) is 0 Å². The quantitative estimate of drug-likeness (QED) is 0.472. The normalized spacial score (nSPS) is 19.7. The van der Waals surface area contributed by atoms with Crippen molar-refractivity contribution in [2.75, 3.05) is 6.61 Å². The van der Waals surface area contributed by atoms with Crippen LogP contribution in [0.15, 0.2) is 22.7 Å². The van der Waals surface area contributed by atoms with Crippen LogP contribution in [0.3, 0.4) is 0 Å². The highest BCUT2D eigenvalue weighted by atomic mass is 79.9. The van der Waals surface area contributed by atoms with Gasteiger partial charge in [-0.3, -0.25) is 4.84 Å². The Morgan fingerprint density at radius 3 is 3.00 bits per heavy atom. The maximum atomic E-state index is 12.3. The first-order chi connectivity index (χ1) is 10.5. The van der Waals surface area contributed by atoms with Crippen molar-refractivity contribution >= 4 is 21.9 Å². The highest BCUT2D eigenvalue weighted by Crippen LogP contribution is 2.34. The van der Waals surface area contributed by atoms with Crippen LogP contribution in [0.5, 0.6) is 5.75 Å². The Morgan fingerprint density at radius 1 is 1.55 bits per heavy atom. The van der Waals surface area contributed by atoms with Gasteiger partial charge in [0.25, 0.3) is 0 Å². The number of aryl methyl sites for hydroxylation is 1. The molecule has 0 fully saturated rings. The van der Waals surface area contributed by atoms with E-state index in [1.807, 2.05) is 25.1 Å². The molecule has 1 aromatic rings. The van der Waals surface area contributed by atoms with Crippen molar-refractivity contribution in [2.45, 2.75) is 51.2 Å². The number of rotatable bonds is 6. The van der Waals surface area contributed by atoms with Gasteiger partial charge in [0.2, 0.25) is 5.60 Å². The van der Waals surface area contributed by atoms with Gasteiger partial charge < -0.3 is 9.47 Å². The fourth-order valence-corrected chi connectivity index (χ4v) is 2.86. The number of nitrogens with two attached hydrogens (primary N) is 1. The Morgan fingerprint density at radius 2 is 2.32 bits per heavy atom. The molecule has 1 aliphatic rings. The van der Waals surface area contributed by atoms with E-state index in [1.54, 1.807) is 6.92 Å². The molecule has 0 saturated carbocycles. The van der Waals surface area contributed by atoms with E-state index in [0.717, 1.165) is 35.0 Å². The number of benzene rings is 1. The molecule has 0 saturated heterocycles. The Bertz CT molecular complexity index is 537. The molecule has 6 heteroatoms. The molecule has 2 rings (SSSR count). The highest BCUT2D eigenvalue weighted by molar-refractivity contribution is 9.10. The molecule has 0 spiro atoms. The van der Waals surface area contributed by atoms with Crippen molar-refractivity contribution in [3.05, 3.63) is 28.2 Å². The van der Waals surface area contributed by atoms with Crippen LogP contribution in [0.1, 0.15) is 38.7 Å². The second-order valence-corrected chi connectivity index (χ2v) is 6.53. The molecule has 1 heterocycles. The molecular formula is C16H22BrNO4. The summed E-state index contributed by atoms with van der Waals surface area (Å²) in [5.74, 6) is 5.67. The third kappa shape index (κ3) is 3.62. The largest absolute Gasteiger partial charge is 0.486 e. The van der Waals surface area contributed by atoms with E-state index >= 15 is 0 Å². The maximum absolute atomic E-state index is 12.3. The SMILES string of the molecule is CCCCOC(=O)C(C)(ON)C1CCc2cc(Br)ccc2O1. The Hall–Kier alpha value is -1.11. The minimum absolute atomic E-state index is 0.366. The first kappa shape index (κ1) is 17.2. The molecule has 1 aliphatic heterocycles. The standard InChI is InChI=1S/C16H22BrNO4/c1-3-4-9-20-15(19)16(2,22-18)14-8-5-11-10-12(17)6-7-13(11)21-14/h6-7,10,14H,3-5,8-9,18H2,1-2H3. The van der Waals surface area contributed by atoms with E-state index < -0.39 is 17.7 Å². The zero-order valence-electron chi connectivity index (χ0n) is 12.9. The van der Waals surface area contributed by atoms with Crippen molar-refractivity contribution < 1.29 is 19.1 Å². The van der Waals surface area contributed by atoms with Gasteiger partial charge in [0.05, 0.1) is 6.61 Å². The Labute approximate surface area is 139 Å². The smallest absolute Gasteiger partial charge is 0.344 e. The molecule has 22 heavy (non-hydrogen) atoms. The molecule has 0 amide bonds. The number of hydrogen-bond donors (Lipinski definition) is 1. The lowest BCUT2D eigenvalue weighted by Gasteiger charge is -2.36. The fourth-order valence-electron chi connectivity index (χ4n) is 2.45. The molecule has 122 valence electrons. The molecule has 2 atom stereocenters. The van der Waals surface area contributed by atoms with E-state index in [0.29, 0.717) is 13.0 Å². The molecule has 5 nitrogen and oxygen atoms in total. The minimum Gasteiger partial charge on any atom is -0.486 e. The van der Waals surface area contributed by atoms with Gasteiger partial charge in [-0.2, -0.15) is 0 Å². The first-order valence-corrected chi connectivity index (χ1v) is 8.30. The van der Waals surface area contributed by atoms with E-state index in [4.69, 9.17) is 20.2 Å². The predicted molar refractivity (Wildman–Crippen MR) is 86.4 cm³/mol. The maximum Gasteiger partial charge on any atom is 0.344 e. The summed E-state index contributed by atoms with van der Waals surface area (Å²) >= 11 is 3.44. The first-order valence-electron chi connectivity index (χ1n) is 7.51. The lowest BCUT2D eigenvalue weighted by atomic mass is 9.91. The number of hydrogen-bond acceptors (Lipinski definition) is 5. The number of halogens is 1. The van der Waals surface area contributed by atoms with Gasteiger partial charge in [-0.1, -0.05) is 29.3 Å². The van der Waals surface area contributed by atoms with Crippen molar-refractivity contribution in [1.82, 2.24) is 0 Å². The monoisotopic (exact) mass is 371 g/mol. The summed E-state index contributed by atoms with van der Waals surface area (Å²) in [6.07, 6.45) is 2.73. The zero-order valence-corrected chi connectivity index (χ0v) is 14.5. The third-order valence-corrected chi connectivity index (χ3v) is 4.46. The molecule has 0 aromatic heterocycles. The average Bonchev–Trinajstić information content (AvgIpc) is 2.53. The molecule has 1 aromatic carbocycles. The lowest BCUT2D eigenvalue weighted by Crippen LogP contribution is -2.55. The van der Waals surface area contributed by atoms with Gasteiger partial charge in [-0.05, 0) is 49.9 Å². The Balaban J connectivity index is 2.11. The molecule has 2 unspecified atom stereocenters. The molecular weight excluding hydrogens is 350 g/mol. The fraction of sp³-hybridized carbons (Fsp3) is 0.562. The van der Waals surface area contributed by atoms with Crippen LogP contribution < -0.4 is 10.6 Å². The van der Waals surface area contributed by atoms with Crippen LogP contribution in [-0.2, 0) is 20.8 Å². The third-order valence-electron chi connectivity index (χ3n) is 3.96. The van der Waals surface area contributed by atoms with E-state index in [-0.39, 0.29) is 0 Å². The molecule has 0 radical (unpaired) electrons. The van der Waals surface area contributed by atoms with E-state index in [9.17, 15) is 4.79 Å². The second kappa shape index (κ2) is 7.44. The van der Waals surface area contributed by atoms with E-state index in [2.05, 4.69) is 15.9 Å². The molecule has 0 aliphatic carbocycles. The van der Waals surface area contributed by atoms with Crippen LogP contribution in [-0.4, -0.2) is 24.3 Å². The minimum atomic E-state index is -1.31. The van der Waals surface area contributed by atoms with Crippen molar-refractivity contribution in [2.24, 2.45) is 5.90 Å². The van der Waals surface area contributed by atoms with Gasteiger partial charge in [0.15, 0.2) is 0 Å². The van der Waals surface area contributed by atoms with E-state index in [1.165, 1.54) is 0 Å². The summed E-state index contributed by atoms with van der Waals surface area (Å²) in [7, 11) is 0. The topological polar surface area (TPSA) is 70.8 Å². The summed E-state index contributed by atoms with van der Waals surface area (Å²) in [5, 5.41) is 0. The van der Waals surface area contributed by atoms with Crippen LogP contribution in [0.25, 0.3) is 0 Å². The van der Waals surface area contributed by atoms with Crippen molar-refractivity contribution in [3.63, 3.8) is 0 Å². The number of ether oxygens (including phenoxy) is 2. The number of unbranched alkanes of at least 4 members (excludes halogenated alkanes) is 1. The number of fused-ring (bicyclic) bond motifs is 1. The highest BCUT2D eigenvalue weighted by Gasteiger charge is 2.47. The van der Waals surface area contributed by atoms with Gasteiger partial charge in [0, 0.05) is 4.47 Å². The summed E-state index contributed by atoms with van der Waals surface area (Å²) in [6, 6.07) is 5.80. The summed E-state index contributed by atoms with van der Waals surface area (Å²) in [5.41, 5.74) is -0.206. The van der Waals surface area contributed by atoms with Gasteiger partial charge in [0.1, 0.15) is 11.9 Å². The van der Waals surface area contributed by atoms with Gasteiger partial charge in [-0.15, -0.1) is 0 Å². The summed E-state index contributed by atoms with van der Waals surface area (Å²) < 4.78 is 12.2. The molecule has 0 bridgehead atoms. The second-order valence-electron chi connectivity index (χ2n) is 5.61. The van der Waals surface area contributed by atoms with Crippen LogP contribution in [0.4, 0.5) is 0 Å². The predicted octanol–water partition coefficient (Wildman–Crippen LogP) is 3.14. The van der Waals surface area contributed by atoms with Gasteiger partial charge in [-0.25, -0.2) is 10.7 Å². The number of carbonyl (C=O) groups excluding carboxylic acids is 1. The van der Waals surface area contributed by atoms with Crippen LogP contribution >= 0.6 is 15.9 Å².